The molecule has 2 aromatic heterocycles. The van der Waals surface area contributed by atoms with Crippen molar-refractivity contribution in [1.29, 1.82) is 0 Å². The molecule has 0 aliphatic heterocycles. The predicted octanol–water partition coefficient (Wildman–Crippen LogP) is 5.11. The molecule has 1 amide bonds. The molecule has 1 N–H and O–H groups in total. The Morgan fingerprint density at radius 3 is 2.50 bits per heavy atom. The third-order valence-electron chi connectivity index (χ3n) is 4.17. The second-order valence-electron chi connectivity index (χ2n) is 6.73. The fraction of sp³-hybridized carbons (Fsp3) is 0.286. The van der Waals surface area contributed by atoms with E-state index in [1.165, 1.54) is 16.9 Å². The molecule has 146 valence electrons. The summed E-state index contributed by atoms with van der Waals surface area (Å²) >= 11 is 3.09. The molecule has 0 aliphatic carbocycles. The molecule has 3 aromatic rings. The van der Waals surface area contributed by atoms with Crippen LogP contribution in [0.5, 0.6) is 0 Å². The second-order valence-corrected chi connectivity index (χ2v) is 8.37. The number of ether oxygens (including phenoxy) is 1. The molecule has 3 rings (SSSR count). The van der Waals surface area contributed by atoms with Crippen molar-refractivity contribution in [1.82, 2.24) is 4.98 Å². The largest absolute Gasteiger partial charge is 0.452 e. The fourth-order valence-electron chi connectivity index (χ4n) is 2.54. The van der Waals surface area contributed by atoms with E-state index in [1.54, 1.807) is 18.3 Å². The Balaban J connectivity index is 1.51. The van der Waals surface area contributed by atoms with Crippen molar-refractivity contribution >= 4 is 40.2 Å². The number of aromatic nitrogens is 1. The molecule has 1 atom stereocenters. The zero-order valence-electron chi connectivity index (χ0n) is 16.0. The van der Waals surface area contributed by atoms with Gasteiger partial charge >= 0.3 is 5.97 Å². The molecule has 0 bridgehead atoms. The summed E-state index contributed by atoms with van der Waals surface area (Å²) in [6.45, 7) is 5.79. The Morgan fingerprint density at radius 2 is 1.86 bits per heavy atom. The van der Waals surface area contributed by atoms with Gasteiger partial charge < -0.3 is 10.1 Å². The van der Waals surface area contributed by atoms with Gasteiger partial charge in [0.1, 0.15) is 5.01 Å². The van der Waals surface area contributed by atoms with Crippen LogP contribution in [-0.2, 0) is 20.7 Å². The lowest BCUT2D eigenvalue weighted by Crippen LogP contribution is -2.30. The Kier molecular flexibility index (Phi) is 6.59. The van der Waals surface area contributed by atoms with Gasteiger partial charge in [0.05, 0.1) is 12.1 Å². The average Bonchev–Trinajstić information content (AvgIpc) is 3.33. The number of hydrogen-bond acceptors (Lipinski definition) is 6. The van der Waals surface area contributed by atoms with Crippen molar-refractivity contribution in [2.45, 2.75) is 39.2 Å². The zero-order valence-corrected chi connectivity index (χ0v) is 17.6. The highest BCUT2D eigenvalue weighted by Crippen LogP contribution is 2.26. The number of thiazole rings is 1. The first kappa shape index (κ1) is 20.2. The number of nitrogens with zero attached hydrogens (tertiary/aromatic N) is 1. The number of thiophene rings is 1. The van der Waals surface area contributed by atoms with Crippen LogP contribution in [0, 0.1) is 0 Å². The number of hydrogen-bond donors (Lipinski definition) is 1. The van der Waals surface area contributed by atoms with Gasteiger partial charge in [-0.3, -0.25) is 9.59 Å². The van der Waals surface area contributed by atoms with Crippen LogP contribution in [0.15, 0.2) is 46.5 Å². The summed E-state index contributed by atoms with van der Waals surface area (Å²) in [6.07, 6.45) is -0.839. The molecule has 0 aliphatic rings. The minimum Gasteiger partial charge on any atom is -0.452 e. The van der Waals surface area contributed by atoms with Crippen LogP contribution >= 0.6 is 22.7 Å². The Hall–Kier alpha value is -2.51. The first-order valence-corrected chi connectivity index (χ1v) is 10.8. The van der Waals surface area contributed by atoms with E-state index in [0.29, 0.717) is 17.3 Å². The average molecular weight is 415 g/mol. The standard InChI is InChI=1S/C21H22N2O3S2/c1-13(2)15-4-6-17(7-5-15)22-20(25)14(3)26-19(24)10-18-12-28-21(23-18)16-8-9-27-11-16/h4-9,11-14H,10H2,1-3H3,(H,22,25)/t14-/m0/s1. The van der Waals surface area contributed by atoms with E-state index < -0.39 is 12.1 Å². The van der Waals surface area contributed by atoms with Crippen molar-refractivity contribution in [3.8, 4) is 10.6 Å². The van der Waals surface area contributed by atoms with Gasteiger partial charge in [-0.05, 0) is 42.0 Å². The molecule has 0 fully saturated rings. The van der Waals surface area contributed by atoms with Crippen LogP contribution in [0.2, 0.25) is 0 Å². The summed E-state index contributed by atoms with van der Waals surface area (Å²) in [7, 11) is 0. The van der Waals surface area contributed by atoms with Crippen molar-refractivity contribution in [2.24, 2.45) is 0 Å². The molecular formula is C21H22N2O3S2. The molecule has 0 saturated heterocycles. The highest BCUT2D eigenvalue weighted by atomic mass is 32.1. The van der Waals surface area contributed by atoms with Crippen LogP contribution in [0.1, 0.15) is 37.9 Å². The summed E-state index contributed by atoms with van der Waals surface area (Å²) in [6, 6.07) is 9.65. The van der Waals surface area contributed by atoms with Gasteiger partial charge in [0, 0.05) is 22.0 Å². The normalized spacial score (nSPS) is 12.0. The van der Waals surface area contributed by atoms with Crippen molar-refractivity contribution < 1.29 is 14.3 Å². The molecule has 0 saturated carbocycles. The summed E-state index contributed by atoms with van der Waals surface area (Å²) in [4.78, 5) is 28.9. The van der Waals surface area contributed by atoms with E-state index in [9.17, 15) is 9.59 Å². The minimum absolute atomic E-state index is 0.0430. The SMILES string of the molecule is CC(C)c1ccc(NC(=O)[C@H](C)OC(=O)Cc2csc(-c3ccsc3)n2)cc1. The molecule has 28 heavy (non-hydrogen) atoms. The number of amides is 1. The minimum atomic E-state index is -0.882. The van der Waals surface area contributed by atoms with Crippen molar-refractivity contribution in [2.75, 3.05) is 5.32 Å². The van der Waals surface area contributed by atoms with Gasteiger partial charge in [0.15, 0.2) is 6.10 Å². The lowest BCUT2D eigenvalue weighted by molar-refractivity contribution is -0.152. The van der Waals surface area contributed by atoms with E-state index in [-0.39, 0.29) is 12.3 Å². The predicted molar refractivity (Wildman–Crippen MR) is 114 cm³/mol. The van der Waals surface area contributed by atoms with Crippen LogP contribution in [-0.4, -0.2) is 23.0 Å². The molecule has 2 heterocycles. The smallest absolute Gasteiger partial charge is 0.312 e. The molecule has 7 heteroatoms. The van der Waals surface area contributed by atoms with Gasteiger partial charge in [-0.2, -0.15) is 11.3 Å². The Labute approximate surface area is 172 Å². The van der Waals surface area contributed by atoms with E-state index >= 15 is 0 Å². The van der Waals surface area contributed by atoms with E-state index in [0.717, 1.165) is 10.6 Å². The number of rotatable bonds is 7. The maximum absolute atomic E-state index is 12.3. The molecule has 0 radical (unpaired) electrons. The molecule has 5 nitrogen and oxygen atoms in total. The van der Waals surface area contributed by atoms with E-state index in [4.69, 9.17) is 4.74 Å². The third kappa shape index (κ3) is 5.27. The van der Waals surface area contributed by atoms with Crippen LogP contribution in [0.25, 0.3) is 10.6 Å². The van der Waals surface area contributed by atoms with Crippen molar-refractivity contribution in [3.63, 3.8) is 0 Å². The first-order chi connectivity index (χ1) is 13.4. The number of nitrogens with one attached hydrogen (secondary N) is 1. The van der Waals surface area contributed by atoms with E-state index in [1.807, 2.05) is 46.5 Å². The number of esters is 1. The zero-order chi connectivity index (χ0) is 20.1. The summed E-state index contributed by atoms with van der Waals surface area (Å²) in [5.74, 6) is -0.404. The molecule has 0 spiro atoms. The molecule has 0 unspecified atom stereocenters. The number of carbonyl (C=O) groups excluding carboxylic acids is 2. The maximum Gasteiger partial charge on any atom is 0.312 e. The Morgan fingerprint density at radius 1 is 1.11 bits per heavy atom. The summed E-state index contributed by atoms with van der Waals surface area (Å²) in [5.41, 5.74) is 3.57. The highest BCUT2D eigenvalue weighted by Gasteiger charge is 2.19. The number of anilines is 1. The maximum atomic E-state index is 12.3. The van der Waals surface area contributed by atoms with Gasteiger partial charge in [0.2, 0.25) is 0 Å². The van der Waals surface area contributed by atoms with Crippen LogP contribution in [0.4, 0.5) is 5.69 Å². The molecular weight excluding hydrogens is 392 g/mol. The van der Waals surface area contributed by atoms with Gasteiger partial charge in [-0.25, -0.2) is 4.98 Å². The highest BCUT2D eigenvalue weighted by molar-refractivity contribution is 7.14. The number of carbonyl (C=O) groups is 2. The summed E-state index contributed by atoms with van der Waals surface area (Å²) < 4.78 is 5.27. The molecule has 1 aromatic carbocycles. The van der Waals surface area contributed by atoms with Crippen LogP contribution in [0.3, 0.4) is 0 Å². The summed E-state index contributed by atoms with van der Waals surface area (Å²) in [5, 5.41) is 9.49. The monoisotopic (exact) mass is 414 g/mol. The lowest BCUT2D eigenvalue weighted by Gasteiger charge is -2.14. The topological polar surface area (TPSA) is 68.3 Å². The van der Waals surface area contributed by atoms with E-state index in [2.05, 4.69) is 24.1 Å². The Bertz CT molecular complexity index is 931. The van der Waals surface area contributed by atoms with Gasteiger partial charge in [0.25, 0.3) is 5.91 Å². The second kappa shape index (κ2) is 9.12. The fourth-order valence-corrected chi connectivity index (χ4v) is 4.07. The van der Waals surface area contributed by atoms with Crippen molar-refractivity contribution in [3.05, 3.63) is 57.7 Å². The number of benzene rings is 1. The lowest BCUT2D eigenvalue weighted by atomic mass is 10.0. The van der Waals surface area contributed by atoms with Gasteiger partial charge in [-0.15, -0.1) is 11.3 Å². The first-order valence-electron chi connectivity index (χ1n) is 8.99. The third-order valence-corrected chi connectivity index (χ3v) is 5.79. The quantitative estimate of drug-likeness (QED) is 0.546. The van der Waals surface area contributed by atoms with Crippen LogP contribution < -0.4 is 5.32 Å². The van der Waals surface area contributed by atoms with Gasteiger partial charge in [-0.1, -0.05) is 26.0 Å².